The van der Waals surface area contributed by atoms with Crippen LogP contribution in [0, 0.1) is 7.14 Å². The van der Waals surface area contributed by atoms with Gasteiger partial charge >= 0.3 is 0 Å². The molecule has 312 valence electrons. The van der Waals surface area contributed by atoms with Crippen LogP contribution in [0.4, 0.5) is 33.0 Å². The van der Waals surface area contributed by atoms with Gasteiger partial charge < -0.3 is 23.6 Å². The molecule has 0 fully saturated rings. The van der Waals surface area contributed by atoms with Gasteiger partial charge in [-0.2, -0.15) is 20.0 Å². The monoisotopic (exact) mass is 1120 g/mol. The van der Waals surface area contributed by atoms with Crippen molar-refractivity contribution in [3.8, 4) is 11.5 Å². The van der Waals surface area contributed by atoms with Crippen LogP contribution >= 0.6 is 67.9 Å². The van der Waals surface area contributed by atoms with Crippen molar-refractivity contribution in [2.45, 2.75) is 77.3 Å². The average Bonchev–Trinajstić information content (AvgIpc) is 3.82. The Morgan fingerprint density at radius 2 is 1.27 bits per heavy atom. The zero-order valence-corrected chi connectivity index (χ0v) is 40.1. The SMILES string of the molecule is CC1CCc2cc(N=C=Nc3nc4ccc(I)cc4s3)c(O)c3c2N1CCC3.CC1CCc2cc(N=C=Nc3nc4ccc(I)cc4s3)c(OS(=O)[O-])c3c2N1CCC3.[Ni]. The molecule has 4 aliphatic rings. The molecule has 1 N–H and O–H groups in total. The van der Waals surface area contributed by atoms with E-state index in [1.54, 1.807) is 0 Å². The molecule has 0 radical (unpaired) electrons. The number of phenols is 1. The summed E-state index contributed by atoms with van der Waals surface area (Å²) < 4.78 is 32.5. The molecule has 0 amide bonds. The van der Waals surface area contributed by atoms with Crippen LogP contribution in [-0.4, -0.2) is 61.0 Å². The zero-order chi connectivity index (χ0) is 40.8. The van der Waals surface area contributed by atoms with E-state index in [0.717, 1.165) is 105 Å². The zero-order valence-electron chi connectivity index (χ0n) is 32.4. The van der Waals surface area contributed by atoms with E-state index in [9.17, 15) is 13.9 Å². The smallest absolute Gasteiger partial charge is 0.220 e. The molecule has 6 heterocycles. The van der Waals surface area contributed by atoms with Crippen LogP contribution in [0.5, 0.6) is 11.5 Å². The second-order valence-corrected chi connectivity index (χ2v) is 20.0. The molecule has 0 saturated carbocycles. The van der Waals surface area contributed by atoms with Crippen LogP contribution in [0.2, 0.25) is 0 Å². The van der Waals surface area contributed by atoms with Gasteiger partial charge in [-0.1, -0.05) is 22.7 Å². The number of aromatic nitrogens is 2. The van der Waals surface area contributed by atoms with Crippen LogP contribution in [0.15, 0.2) is 68.5 Å². The Balaban J connectivity index is 0.000000164. The molecule has 4 aliphatic heterocycles. The molecule has 0 spiro atoms. The van der Waals surface area contributed by atoms with E-state index in [2.05, 4.69) is 123 Å². The Morgan fingerprint density at radius 1 is 0.767 bits per heavy atom. The number of nitrogens with zero attached hydrogens (tertiary/aromatic N) is 8. The fraction of sp³-hybridized carbons (Fsp3) is 0.333. The van der Waals surface area contributed by atoms with Gasteiger partial charge in [0.15, 0.2) is 5.75 Å². The first-order valence-electron chi connectivity index (χ1n) is 19.4. The predicted molar refractivity (Wildman–Crippen MR) is 254 cm³/mol. The molecule has 0 bridgehead atoms. The molecule has 0 aliphatic carbocycles. The van der Waals surface area contributed by atoms with E-state index in [4.69, 9.17) is 4.18 Å². The van der Waals surface area contributed by atoms with Gasteiger partial charge in [0, 0.05) is 71.3 Å². The van der Waals surface area contributed by atoms with Gasteiger partial charge in [0.25, 0.3) is 0 Å². The number of aliphatic imine (C=N–C) groups is 4. The molecule has 2 aromatic heterocycles. The maximum absolute atomic E-state index is 11.4. The first-order valence-corrected chi connectivity index (χ1v) is 24.2. The number of aromatic hydroxyl groups is 1. The summed E-state index contributed by atoms with van der Waals surface area (Å²) in [6.07, 6.45) is 7.82. The normalized spacial score (nSPS) is 17.8. The van der Waals surface area contributed by atoms with Crippen LogP contribution < -0.4 is 14.0 Å². The summed E-state index contributed by atoms with van der Waals surface area (Å²) in [7, 11) is 0. The third-order valence-electron chi connectivity index (χ3n) is 11.3. The van der Waals surface area contributed by atoms with Gasteiger partial charge in [-0.25, -0.2) is 14.2 Å². The first kappa shape index (κ1) is 43.3. The van der Waals surface area contributed by atoms with Crippen LogP contribution in [0.25, 0.3) is 20.4 Å². The molecule has 10 rings (SSSR count). The largest absolute Gasteiger partial charge is 0.740 e. The first-order chi connectivity index (χ1) is 28.6. The fourth-order valence-electron chi connectivity index (χ4n) is 8.52. The van der Waals surface area contributed by atoms with Crippen molar-refractivity contribution in [2.75, 3.05) is 22.9 Å². The standard InChI is InChI=1S/C21H19IN4O3S2.C21H19IN4OS.Ni/c1-12-4-5-13-9-17(20(29-31(27)28)15-3-2-8-26(12)19(13)15)23-11-24-21-25-16-7-6-14(22)10-18(16)30-21;1-12-4-5-13-9-17(20(27)15-3-2-8-26(12)19(13)15)23-11-24-21-25-16-7-6-14(22)10-18(16)28-21;/h6-7,9-10,12H,2-5,8H2,1H3,(H,27,28);6-7,9-10,12,27H,2-5,8H2,1H3;/p-1. The Hall–Kier alpha value is -3.32. The van der Waals surface area contributed by atoms with E-state index in [1.807, 2.05) is 36.4 Å². The number of hydrogen-bond donors (Lipinski definition) is 1. The van der Waals surface area contributed by atoms with Crippen molar-refractivity contribution in [2.24, 2.45) is 20.0 Å². The van der Waals surface area contributed by atoms with Gasteiger partial charge in [0.1, 0.15) is 40.5 Å². The van der Waals surface area contributed by atoms with Crippen molar-refractivity contribution in [1.29, 1.82) is 0 Å². The molecule has 6 aromatic rings. The second kappa shape index (κ2) is 18.6. The summed E-state index contributed by atoms with van der Waals surface area (Å²) in [5, 5.41) is 12.0. The van der Waals surface area contributed by atoms with Crippen molar-refractivity contribution in [3.05, 3.63) is 77.9 Å². The van der Waals surface area contributed by atoms with E-state index >= 15 is 0 Å². The quantitative estimate of drug-likeness (QED) is 0.0749. The van der Waals surface area contributed by atoms with Gasteiger partial charge in [-0.15, -0.1) is 0 Å². The number of phenolic OH excluding ortho intramolecular Hbond substituents is 1. The number of rotatable bonds is 6. The van der Waals surface area contributed by atoms with Crippen LogP contribution in [0.1, 0.15) is 61.8 Å². The summed E-state index contributed by atoms with van der Waals surface area (Å²) in [4.78, 5) is 31.0. The van der Waals surface area contributed by atoms with Gasteiger partial charge in [0.05, 0.1) is 20.4 Å². The molecule has 4 aromatic carbocycles. The third kappa shape index (κ3) is 8.95. The molecular formula is C42H37I2N8NiO4S3-. The topological polar surface area (TPSA) is 151 Å². The van der Waals surface area contributed by atoms with Crippen molar-refractivity contribution < 1.29 is 34.5 Å². The second-order valence-electron chi connectivity index (χ2n) is 15.0. The summed E-state index contributed by atoms with van der Waals surface area (Å²) in [5.41, 5.74) is 9.55. The van der Waals surface area contributed by atoms with Crippen LogP contribution in [0.3, 0.4) is 0 Å². The number of anilines is 2. The molecule has 18 heteroatoms. The molecule has 60 heavy (non-hydrogen) atoms. The van der Waals surface area contributed by atoms with E-state index in [1.165, 1.54) is 43.1 Å². The van der Waals surface area contributed by atoms with Gasteiger partial charge in [-0.05, 0) is 170 Å². The molecule has 0 saturated heterocycles. The van der Waals surface area contributed by atoms with Crippen LogP contribution in [-0.2, 0) is 53.5 Å². The number of hydrogen-bond acceptors (Lipinski definition) is 14. The minimum absolute atomic E-state index is 0. The maximum atomic E-state index is 11.4. The van der Waals surface area contributed by atoms with E-state index in [0.29, 0.717) is 33.7 Å². The summed E-state index contributed by atoms with van der Waals surface area (Å²) in [6.45, 7) is 6.53. The predicted octanol–water partition coefficient (Wildman–Crippen LogP) is 11.1. The van der Waals surface area contributed by atoms with Crippen molar-refractivity contribution in [3.63, 3.8) is 0 Å². The summed E-state index contributed by atoms with van der Waals surface area (Å²) in [5.74, 6) is 0.562. The summed E-state index contributed by atoms with van der Waals surface area (Å²) >= 11 is 4.84. The van der Waals surface area contributed by atoms with Crippen molar-refractivity contribution in [1.82, 2.24) is 9.97 Å². The molecule has 3 atom stereocenters. The average molecular weight is 1130 g/mol. The number of fused-ring (bicyclic) bond motifs is 2. The van der Waals surface area contributed by atoms with Gasteiger partial charge in [-0.3, -0.25) is 0 Å². The van der Waals surface area contributed by atoms with Gasteiger partial charge in [0.2, 0.25) is 10.3 Å². The van der Waals surface area contributed by atoms with Crippen molar-refractivity contribution >= 4 is 145 Å². The van der Waals surface area contributed by atoms with E-state index in [-0.39, 0.29) is 28.0 Å². The molecule has 12 nitrogen and oxygen atoms in total. The molecular weight excluding hydrogens is 1090 g/mol. The number of aryl methyl sites for hydroxylation is 2. The fourth-order valence-corrected chi connectivity index (χ4v) is 11.9. The van der Waals surface area contributed by atoms with E-state index < -0.39 is 11.4 Å². The Morgan fingerprint density at radius 3 is 1.82 bits per heavy atom. The Labute approximate surface area is 395 Å². The minimum Gasteiger partial charge on any atom is -0.740 e. The minimum atomic E-state index is -2.69. The third-order valence-corrected chi connectivity index (χ3v) is 14.7. The Bertz CT molecular complexity index is 2800. The maximum Gasteiger partial charge on any atom is 0.220 e. The molecule has 3 unspecified atom stereocenters. The number of thiazole rings is 2. The number of benzene rings is 4. The summed E-state index contributed by atoms with van der Waals surface area (Å²) in [6, 6.07) is 22.5. The number of halogens is 2. The Kier molecular flexibility index (Phi) is 13.4.